The number of anilines is 2. The van der Waals surface area contributed by atoms with Crippen LogP contribution in [0.4, 0.5) is 17.1 Å². The molecule has 4 rings (SSSR count). The van der Waals surface area contributed by atoms with Crippen molar-refractivity contribution in [3.8, 4) is 0 Å². The van der Waals surface area contributed by atoms with Crippen LogP contribution >= 0.6 is 15.9 Å². The lowest BCUT2D eigenvalue weighted by Crippen LogP contribution is -2.01. The standard InChI is InChI=1S/C26H21BrN6/c27-22-15-17-25(18-16-22)31-33-26(32-30-24-9-5-2-6-10-24)21-13-11-20(12-14-21)19-28-29-23-7-3-1-4-8-23/h1-19,29-30H/b28-19+,32-26-,33-31?. The highest BCUT2D eigenvalue weighted by Gasteiger charge is 2.04. The van der Waals surface area contributed by atoms with Crippen molar-refractivity contribution in [3.63, 3.8) is 0 Å². The van der Waals surface area contributed by atoms with Gasteiger partial charge >= 0.3 is 0 Å². The Balaban J connectivity index is 1.52. The lowest BCUT2D eigenvalue weighted by Gasteiger charge is -2.04. The molecule has 0 amide bonds. The Morgan fingerprint density at radius 3 is 1.91 bits per heavy atom. The second-order valence-corrected chi connectivity index (χ2v) is 7.86. The Hall–Kier alpha value is -4.10. The van der Waals surface area contributed by atoms with E-state index in [9.17, 15) is 0 Å². The highest BCUT2D eigenvalue weighted by Crippen LogP contribution is 2.18. The average Bonchev–Trinajstić information content (AvgIpc) is 2.87. The van der Waals surface area contributed by atoms with Crippen LogP contribution in [0.15, 0.2) is 134 Å². The topological polar surface area (TPSA) is 73.5 Å². The summed E-state index contributed by atoms with van der Waals surface area (Å²) in [5, 5.41) is 17.5. The first kappa shape index (κ1) is 22.1. The smallest absolute Gasteiger partial charge is 0.201 e. The number of hydrazone groups is 2. The largest absolute Gasteiger partial charge is 0.279 e. The van der Waals surface area contributed by atoms with Crippen LogP contribution in [-0.4, -0.2) is 12.1 Å². The van der Waals surface area contributed by atoms with Crippen LogP contribution in [0.5, 0.6) is 0 Å². The van der Waals surface area contributed by atoms with E-state index in [-0.39, 0.29) is 0 Å². The summed E-state index contributed by atoms with van der Waals surface area (Å²) in [6.07, 6.45) is 1.76. The maximum atomic E-state index is 4.48. The van der Waals surface area contributed by atoms with Crippen LogP contribution < -0.4 is 10.9 Å². The molecule has 0 aliphatic carbocycles. The molecule has 0 spiro atoms. The van der Waals surface area contributed by atoms with Gasteiger partial charge in [-0.1, -0.05) is 76.6 Å². The Kier molecular flexibility index (Phi) is 7.70. The minimum Gasteiger partial charge on any atom is -0.279 e. The van der Waals surface area contributed by atoms with E-state index in [1.807, 2.05) is 109 Å². The van der Waals surface area contributed by atoms with E-state index < -0.39 is 0 Å². The SMILES string of the molecule is Brc1ccc(N=N/C(=N\Nc2ccccc2)c2ccc(/C=N/Nc3ccccc3)cc2)cc1. The number of halogens is 1. The van der Waals surface area contributed by atoms with Gasteiger partial charge in [-0.2, -0.15) is 10.2 Å². The van der Waals surface area contributed by atoms with Gasteiger partial charge in [-0.15, -0.1) is 10.2 Å². The fourth-order valence-electron chi connectivity index (χ4n) is 2.80. The molecule has 0 unspecified atom stereocenters. The molecule has 0 bridgehead atoms. The number of hydrogen-bond acceptors (Lipinski definition) is 5. The first-order valence-electron chi connectivity index (χ1n) is 10.3. The third-order valence-corrected chi connectivity index (χ3v) is 5.03. The number of azo groups is 1. The van der Waals surface area contributed by atoms with Crippen molar-refractivity contribution in [1.29, 1.82) is 0 Å². The predicted octanol–water partition coefficient (Wildman–Crippen LogP) is 7.45. The molecule has 0 fully saturated rings. The molecular formula is C26H21BrN6. The number of rotatable bonds is 7. The lowest BCUT2D eigenvalue weighted by atomic mass is 10.1. The highest BCUT2D eigenvalue weighted by atomic mass is 79.9. The Morgan fingerprint density at radius 2 is 1.27 bits per heavy atom. The van der Waals surface area contributed by atoms with Crippen LogP contribution in [0.2, 0.25) is 0 Å². The molecule has 0 atom stereocenters. The van der Waals surface area contributed by atoms with Crippen LogP contribution in [0.1, 0.15) is 11.1 Å². The minimum absolute atomic E-state index is 0.465. The fourth-order valence-corrected chi connectivity index (χ4v) is 3.06. The monoisotopic (exact) mass is 496 g/mol. The summed E-state index contributed by atoms with van der Waals surface area (Å²) in [5.74, 6) is 0.465. The number of benzene rings is 4. The van der Waals surface area contributed by atoms with Gasteiger partial charge in [-0.3, -0.25) is 10.9 Å². The number of amidine groups is 1. The molecule has 162 valence electrons. The number of para-hydroxylation sites is 2. The van der Waals surface area contributed by atoms with E-state index in [0.29, 0.717) is 5.84 Å². The Bertz CT molecular complexity index is 1240. The molecule has 0 aliphatic rings. The zero-order valence-electron chi connectivity index (χ0n) is 17.6. The lowest BCUT2D eigenvalue weighted by molar-refractivity contribution is 1.22. The van der Waals surface area contributed by atoms with Gasteiger partial charge in [0.25, 0.3) is 0 Å². The third-order valence-electron chi connectivity index (χ3n) is 4.50. The number of nitrogens with zero attached hydrogens (tertiary/aromatic N) is 4. The quantitative estimate of drug-likeness (QED) is 0.120. The highest BCUT2D eigenvalue weighted by molar-refractivity contribution is 9.10. The van der Waals surface area contributed by atoms with Crippen molar-refractivity contribution in [1.82, 2.24) is 0 Å². The molecule has 7 heteroatoms. The van der Waals surface area contributed by atoms with Crippen molar-refractivity contribution in [2.24, 2.45) is 20.4 Å². The normalized spacial score (nSPS) is 11.7. The van der Waals surface area contributed by atoms with Gasteiger partial charge in [0.1, 0.15) is 0 Å². The summed E-state index contributed by atoms with van der Waals surface area (Å²) in [7, 11) is 0. The zero-order valence-corrected chi connectivity index (χ0v) is 19.2. The maximum Gasteiger partial charge on any atom is 0.201 e. The van der Waals surface area contributed by atoms with Crippen molar-refractivity contribution >= 4 is 45.0 Å². The van der Waals surface area contributed by atoms with Crippen molar-refractivity contribution in [2.75, 3.05) is 10.9 Å². The van der Waals surface area contributed by atoms with Crippen LogP contribution in [0.3, 0.4) is 0 Å². The summed E-state index contributed by atoms with van der Waals surface area (Å²) < 4.78 is 0.986. The van der Waals surface area contributed by atoms with Gasteiger partial charge in [-0.25, -0.2) is 0 Å². The second-order valence-electron chi connectivity index (χ2n) is 6.95. The third kappa shape index (κ3) is 6.95. The summed E-state index contributed by atoms with van der Waals surface area (Å²) in [6, 6.07) is 34.9. The second kappa shape index (κ2) is 11.5. The van der Waals surface area contributed by atoms with Crippen molar-refractivity contribution in [3.05, 3.63) is 125 Å². The molecule has 4 aromatic carbocycles. The Labute approximate surface area is 200 Å². The molecule has 4 aromatic rings. The predicted molar refractivity (Wildman–Crippen MR) is 139 cm³/mol. The zero-order chi connectivity index (χ0) is 22.7. The Morgan fingerprint density at radius 1 is 0.667 bits per heavy atom. The van der Waals surface area contributed by atoms with E-state index in [4.69, 9.17) is 0 Å². The van der Waals surface area contributed by atoms with Gasteiger partial charge in [0, 0.05) is 10.0 Å². The summed E-state index contributed by atoms with van der Waals surface area (Å²) >= 11 is 3.43. The molecular weight excluding hydrogens is 476 g/mol. The van der Waals surface area contributed by atoms with Gasteiger partial charge in [0.05, 0.1) is 23.3 Å². The van der Waals surface area contributed by atoms with E-state index in [1.54, 1.807) is 6.21 Å². The molecule has 0 aliphatic heterocycles. The molecule has 33 heavy (non-hydrogen) atoms. The summed E-state index contributed by atoms with van der Waals surface area (Å²) in [5.41, 5.74) is 10.4. The molecule has 6 nitrogen and oxygen atoms in total. The molecule has 0 saturated carbocycles. The van der Waals surface area contributed by atoms with Crippen molar-refractivity contribution in [2.45, 2.75) is 0 Å². The molecule has 0 radical (unpaired) electrons. The summed E-state index contributed by atoms with van der Waals surface area (Å²) in [4.78, 5) is 0. The molecule has 0 aromatic heterocycles. The van der Waals surface area contributed by atoms with Crippen molar-refractivity contribution < 1.29 is 0 Å². The van der Waals surface area contributed by atoms with Gasteiger partial charge in [-0.05, 0) is 54.1 Å². The van der Waals surface area contributed by atoms with Gasteiger partial charge < -0.3 is 0 Å². The van der Waals surface area contributed by atoms with E-state index in [2.05, 4.69) is 47.2 Å². The van der Waals surface area contributed by atoms with E-state index >= 15 is 0 Å². The van der Waals surface area contributed by atoms with Gasteiger partial charge in [0.2, 0.25) is 5.84 Å². The molecule has 0 heterocycles. The van der Waals surface area contributed by atoms with Crippen LogP contribution in [-0.2, 0) is 0 Å². The first-order valence-corrected chi connectivity index (χ1v) is 11.1. The van der Waals surface area contributed by atoms with E-state index in [1.165, 1.54) is 0 Å². The fraction of sp³-hybridized carbons (Fsp3) is 0. The van der Waals surface area contributed by atoms with Crippen LogP contribution in [0, 0.1) is 0 Å². The average molecular weight is 497 g/mol. The van der Waals surface area contributed by atoms with Crippen LogP contribution in [0.25, 0.3) is 0 Å². The number of hydrogen-bond donors (Lipinski definition) is 2. The minimum atomic E-state index is 0.465. The number of nitrogens with one attached hydrogen (secondary N) is 2. The molecule has 2 N–H and O–H groups in total. The molecule has 0 saturated heterocycles. The maximum absolute atomic E-state index is 4.48. The van der Waals surface area contributed by atoms with Gasteiger partial charge in [0.15, 0.2) is 0 Å². The van der Waals surface area contributed by atoms with E-state index in [0.717, 1.165) is 32.7 Å². The summed E-state index contributed by atoms with van der Waals surface area (Å²) in [6.45, 7) is 0. The first-order chi connectivity index (χ1) is 16.3.